The zero-order valence-corrected chi connectivity index (χ0v) is 12.0. The number of carbonyl (C=O) groups is 1. The summed E-state index contributed by atoms with van der Waals surface area (Å²) in [6.45, 7) is 10.7. The van der Waals surface area contributed by atoms with Crippen LogP contribution in [0.15, 0.2) is 0 Å². The largest absolute Gasteiger partial charge is 0.396 e. The van der Waals surface area contributed by atoms with E-state index in [0.717, 1.165) is 6.42 Å². The Kier molecular flexibility index (Phi) is 8.23. The Labute approximate surface area is 106 Å². The van der Waals surface area contributed by atoms with Gasteiger partial charge in [-0.3, -0.25) is 4.79 Å². The van der Waals surface area contributed by atoms with Crippen molar-refractivity contribution in [2.75, 3.05) is 6.61 Å². The van der Waals surface area contributed by atoms with E-state index in [2.05, 4.69) is 39.9 Å². The van der Waals surface area contributed by atoms with Crippen LogP contribution in [-0.4, -0.2) is 23.7 Å². The Bertz CT molecular complexity index is 214. The molecule has 0 aliphatic heterocycles. The maximum absolute atomic E-state index is 11.8. The topological polar surface area (TPSA) is 49.3 Å². The first-order valence-corrected chi connectivity index (χ1v) is 6.77. The Balaban J connectivity index is 4.05. The number of carbonyl (C=O) groups excluding carboxylic acids is 1. The molecule has 0 heterocycles. The van der Waals surface area contributed by atoms with E-state index in [-0.39, 0.29) is 18.6 Å². The van der Waals surface area contributed by atoms with Gasteiger partial charge in [-0.25, -0.2) is 0 Å². The first-order valence-electron chi connectivity index (χ1n) is 6.77. The second kappa shape index (κ2) is 8.51. The first kappa shape index (κ1) is 16.4. The van der Waals surface area contributed by atoms with Gasteiger partial charge in [0.25, 0.3) is 0 Å². The van der Waals surface area contributed by atoms with E-state index in [0.29, 0.717) is 30.6 Å². The van der Waals surface area contributed by atoms with Crippen LogP contribution in [0.5, 0.6) is 0 Å². The molecule has 3 nitrogen and oxygen atoms in total. The van der Waals surface area contributed by atoms with Crippen LogP contribution >= 0.6 is 0 Å². The minimum absolute atomic E-state index is 0.0961. The molecule has 0 rings (SSSR count). The Hall–Kier alpha value is -0.570. The van der Waals surface area contributed by atoms with Crippen molar-refractivity contribution in [3.63, 3.8) is 0 Å². The van der Waals surface area contributed by atoms with E-state index in [1.165, 1.54) is 0 Å². The van der Waals surface area contributed by atoms with Crippen molar-refractivity contribution in [3.8, 4) is 0 Å². The molecule has 0 fully saturated rings. The maximum atomic E-state index is 11.8. The number of rotatable bonds is 8. The molecule has 102 valence electrons. The SMILES string of the molecule is CC(C)CC(C)CC(=O)NC(CCO)C(C)C. The van der Waals surface area contributed by atoms with Crippen LogP contribution in [0.25, 0.3) is 0 Å². The molecule has 0 aromatic carbocycles. The smallest absolute Gasteiger partial charge is 0.220 e. The molecule has 0 radical (unpaired) electrons. The minimum Gasteiger partial charge on any atom is -0.396 e. The predicted octanol–water partition coefficient (Wildman–Crippen LogP) is 2.58. The van der Waals surface area contributed by atoms with Gasteiger partial charge in [0.2, 0.25) is 5.91 Å². The number of aliphatic hydroxyl groups is 1. The van der Waals surface area contributed by atoms with Crippen molar-refractivity contribution < 1.29 is 9.90 Å². The molecule has 0 saturated heterocycles. The van der Waals surface area contributed by atoms with Gasteiger partial charge in [-0.2, -0.15) is 0 Å². The molecular weight excluding hydrogens is 214 g/mol. The van der Waals surface area contributed by atoms with Gasteiger partial charge in [0.1, 0.15) is 0 Å². The molecule has 2 unspecified atom stereocenters. The van der Waals surface area contributed by atoms with E-state index in [4.69, 9.17) is 5.11 Å². The fourth-order valence-corrected chi connectivity index (χ4v) is 2.18. The van der Waals surface area contributed by atoms with E-state index in [1.807, 2.05) is 0 Å². The zero-order chi connectivity index (χ0) is 13.4. The molecule has 17 heavy (non-hydrogen) atoms. The van der Waals surface area contributed by atoms with Crippen molar-refractivity contribution in [1.82, 2.24) is 5.32 Å². The van der Waals surface area contributed by atoms with Gasteiger partial charge in [-0.15, -0.1) is 0 Å². The highest BCUT2D eigenvalue weighted by molar-refractivity contribution is 5.76. The van der Waals surface area contributed by atoms with Crippen LogP contribution in [0.3, 0.4) is 0 Å². The molecule has 2 N–H and O–H groups in total. The predicted molar refractivity (Wildman–Crippen MR) is 71.7 cm³/mol. The average Bonchev–Trinajstić information content (AvgIpc) is 2.14. The number of aliphatic hydroxyl groups excluding tert-OH is 1. The third kappa shape index (κ3) is 8.19. The summed E-state index contributed by atoms with van der Waals surface area (Å²) in [6, 6.07) is 0.0961. The molecule has 0 aliphatic rings. The van der Waals surface area contributed by atoms with E-state index < -0.39 is 0 Å². The van der Waals surface area contributed by atoms with E-state index in [9.17, 15) is 4.79 Å². The summed E-state index contributed by atoms with van der Waals surface area (Å²) in [5, 5.41) is 12.0. The fraction of sp³-hybridized carbons (Fsp3) is 0.929. The lowest BCUT2D eigenvalue weighted by atomic mass is 9.95. The van der Waals surface area contributed by atoms with E-state index >= 15 is 0 Å². The summed E-state index contributed by atoms with van der Waals surface area (Å²) < 4.78 is 0. The van der Waals surface area contributed by atoms with Gasteiger partial charge in [0, 0.05) is 19.1 Å². The highest BCUT2D eigenvalue weighted by Crippen LogP contribution is 2.15. The highest BCUT2D eigenvalue weighted by atomic mass is 16.3. The average molecular weight is 243 g/mol. The van der Waals surface area contributed by atoms with Crippen LogP contribution in [0.2, 0.25) is 0 Å². The molecule has 3 heteroatoms. The molecule has 1 amide bonds. The minimum atomic E-state index is 0.0961. The lowest BCUT2D eigenvalue weighted by molar-refractivity contribution is -0.123. The standard InChI is InChI=1S/C14H29NO2/c1-10(2)8-12(5)9-14(17)15-13(6-7-16)11(3)4/h10-13,16H,6-9H2,1-5H3,(H,15,17). The first-order chi connectivity index (χ1) is 7.86. The third-order valence-corrected chi connectivity index (χ3v) is 3.00. The quantitative estimate of drug-likeness (QED) is 0.688. The Morgan fingerprint density at radius 2 is 1.76 bits per heavy atom. The summed E-state index contributed by atoms with van der Waals surface area (Å²) >= 11 is 0. The second-order valence-electron chi connectivity index (χ2n) is 5.87. The number of hydrogen-bond acceptors (Lipinski definition) is 2. The van der Waals surface area contributed by atoms with Crippen molar-refractivity contribution in [3.05, 3.63) is 0 Å². The van der Waals surface area contributed by atoms with Gasteiger partial charge in [-0.05, 0) is 30.6 Å². The molecular formula is C14H29NO2. The fourth-order valence-electron chi connectivity index (χ4n) is 2.18. The van der Waals surface area contributed by atoms with Crippen molar-refractivity contribution >= 4 is 5.91 Å². The maximum Gasteiger partial charge on any atom is 0.220 e. The molecule has 0 saturated carbocycles. The summed E-state index contributed by atoms with van der Waals surface area (Å²) in [5.74, 6) is 1.55. The van der Waals surface area contributed by atoms with Gasteiger partial charge < -0.3 is 10.4 Å². The lowest BCUT2D eigenvalue weighted by Crippen LogP contribution is -2.39. The molecule has 0 aliphatic carbocycles. The van der Waals surface area contributed by atoms with Crippen LogP contribution < -0.4 is 5.32 Å². The third-order valence-electron chi connectivity index (χ3n) is 3.00. The lowest BCUT2D eigenvalue weighted by Gasteiger charge is -2.22. The number of hydrogen-bond donors (Lipinski definition) is 2. The number of amides is 1. The molecule has 0 aromatic rings. The van der Waals surface area contributed by atoms with Crippen molar-refractivity contribution in [2.24, 2.45) is 17.8 Å². The summed E-state index contributed by atoms with van der Waals surface area (Å²) in [4.78, 5) is 11.8. The highest BCUT2D eigenvalue weighted by Gasteiger charge is 2.17. The summed E-state index contributed by atoms with van der Waals surface area (Å²) in [7, 11) is 0. The summed E-state index contributed by atoms with van der Waals surface area (Å²) in [5.41, 5.74) is 0. The van der Waals surface area contributed by atoms with Crippen LogP contribution in [0, 0.1) is 17.8 Å². The van der Waals surface area contributed by atoms with Gasteiger partial charge in [0.15, 0.2) is 0 Å². The van der Waals surface area contributed by atoms with Gasteiger partial charge >= 0.3 is 0 Å². The Morgan fingerprint density at radius 1 is 1.18 bits per heavy atom. The molecule has 2 atom stereocenters. The Morgan fingerprint density at radius 3 is 2.18 bits per heavy atom. The van der Waals surface area contributed by atoms with Crippen molar-refractivity contribution in [1.29, 1.82) is 0 Å². The molecule has 0 aromatic heterocycles. The second-order valence-corrected chi connectivity index (χ2v) is 5.87. The van der Waals surface area contributed by atoms with Crippen molar-refractivity contribution in [2.45, 2.75) is 59.9 Å². The van der Waals surface area contributed by atoms with Gasteiger partial charge in [0.05, 0.1) is 0 Å². The zero-order valence-electron chi connectivity index (χ0n) is 12.0. The van der Waals surface area contributed by atoms with Crippen LogP contribution in [0.4, 0.5) is 0 Å². The van der Waals surface area contributed by atoms with Crippen LogP contribution in [-0.2, 0) is 4.79 Å². The van der Waals surface area contributed by atoms with E-state index in [1.54, 1.807) is 0 Å². The van der Waals surface area contributed by atoms with Crippen LogP contribution in [0.1, 0.15) is 53.9 Å². The monoisotopic (exact) mass is 243 g/mol. The number of nitrogens with one attached hydrogen (secondary N) is 1. The van der Waals surface area contributed by atoms with Gasteiger partial charge in [-0.1, -0.05) is 34.6 Å². The normalized spacial score (nSPS) is 15.1. The molecule has 0 bridgehead atoms. The summed E-state index contributed by atoms with van der Waals surface area (Å²) in [6.07, 6.45) is 2.31. The molecule has 0 spiro atoms.